The monoisotopic (exact) mass is 428 g/mol. The molecule has 4 rings (SSSR count). The van der Waals surface area contributed by atoms with Crippen LogP contribution in [0.4, 0.5) is 17.2 Å². The molecule has 31 heavy (non-hydrogen) atoms. The van der Waals surface area contributed by atoms with Gasteiger partial charge in [-0.05, 0) is 66.9 Å². The molecular weight excluding hydrogens is 408 g/mol. The number of rotatable bonds is 3. The van der Waals surface area contributed by atoms with Crippen LogP contribution in [0, 0.1) is 18.8 Å². The SMILES string of the molecule is Cc1ccc(C#Cc2nccc3cnc(Nc4ccc(S(C)(=O)=O)cc4)cc23)c(N)c1. The van der Waals surface area contributed by atoms with E-state index in [1.807, 2.05) is 37.3 Å². The molecule has 6 nitrogen and oxygen atoms in total. The van der Waals surface area contributed by atoms with Gasteiger partial charge in [0.1, 0.15) is 11.5 Å². The van der Waals surface area contributed by atoms with Crippen molar-refractivity contribution < 1.29 is 8.42 Å². The third-order valence-electron chi connectivity index (χ3n) is 4.73. The molecule has 0 saturated heterocycles. The molecule has 4 aromatic rings. The molecule has 0 radical (unpaired) electrons. The Kier molecular flexibility index (Phi) is 5.32. The molecule has 0 aliphatic heterocycles. The molecule has 7 heteroatoms. The van der Waals surface area contributed by atoms with Gasteiger partial charge in [-0.1, -0.05) is 12.0 Å². The zero-order chi connectivity index (χ0) is 22.0. The summed E-state index contributed by atoms with van der Waals surface area (Å²) in [5.74, 6) is 6.82. The Labute approximate surface area is 181 Å². The average Bonchev–Trinajstić information content (AvgIpc) is 2.73. The average molecular weight is 429 g/mol. The topological polar surface area (TPSA) is 98.0 Å². The number of aryl methyl sites for hydroxylation is 1. The van der Waals surface area contributed by atoms with Crippen molar-refractivity contribution in [2.45, 2.75) is 11.8 Å². The van der Waals surface area contributed by atoms with E-state index in [4.69, 9.17) is 5.73 Å². The van der Waals surface area contributed by atoms with Crippen molar-refractivity contribution in [3.63, 3.8) is 0 Å². The number of sulfone groups is 1. The normalized spacial score (nSPS) is 11.0. The van der Waals surface area contributed by atoms with Crippen LogP contribution < -0.4 is 11.1 Å². The Morgan fingerprint density at radius 1 is 0.968 bits per heavy atom. The molecule has 0 aliphatic rings. The number of nitrogen functional groups attached to an aromatic ring is 1. The first kappa shape index (κ1) is 20.4. The highest BCUT2D eigenvalue weighted by molar-refractivity contribution is 7.90. The zero-order valence-corrected chi connectivity index (χ0v) is 17.9. The summed E-state index contributed by atoms with van der Waals surface area (Å²) in [5, 5.41) is 4.95. The maximum Gasteiger partial charge on any atom is 0.175 e. The number of anilines is 3. The van der Waals surface area contributed by atoms with E-state index in [1.165, 1.54) is 6.26 Å². The summed E-state index contributed by atoms with van der Waals surface area (Å²) in [7, 11) is -3.24. The predicted octanol–water partition coefficient (Wildman–Crippen LogP) is 4.07. The van der Waals surface area contributed by atoms with Crippen LogP contribution in [-0.2, 0) is 9.84 Å². The molecule has 2 aromatic heterocycles. The van der Waals surface area contributed by atoms with Gasteiger partial charge in [-0.2, -0.15) is 0 Å². The van der Waals surface area contributed by atoms with Gasteiger partial charge in [0.05, 0.1) is 4.90 Å². The van der Waals surface area contributed by atoms with Crippen molar-refractivity contribution >= 4 is 37.8 Å². The molecular formula is C24H20N4O2S. The maximum absolute atomic E-state index is 11.6. The summed E-state index contributed by atoms with van der Waals surface area (Å²) in [6, 6.07) is 16.0. The van der Waals surface area contributed by atoms with E-state index in [2.05, 4.69) is 27.1 Å². The van der Waals surface area contributed by atoms with Crippen LogP contribution in [0.5, 0.6) is 0 Å². The minimum Gasteiger partial charge on any atom is -0.398 e. The van der Waals surface area contributed by atoms with Crippen molar-refractivity contribution in [2.24, 2.45) is 0 Å². The Hall–Kier alpha value is -3.89. The van der Waals surface area contributed by atoms with Crippen LogP contribution in [0.15, 0.2) is 71.9 Å². The van der Waals surface area contributed by atoms with Crippen LogP contribution in [0.2, 0.25) is 0 Å². The highest BCUT2D eigenvalue weighted by Gasteiger charge is 2.07. The summed E-state index contributed by atoms with van der Waals surface area (Å²) in [4.78, 5) is 9.12. The summed E-state index contributed by atoms with van der Waals surface area (Å²) >= 11 is 0. The molecule has 3 N–H and O–H groups in total. The lowest BCUT2D eigenvalue weighted by Crippen LogP contribution is -1.98. The molecule has 0 unspecified atom stereocenters. The van der Waals surface area contributed by atoms with Crippen LogP contribution >= 0.6 is 0 Å². The van der Waals surface area contributed by atoms with Gasteiger partial charge in [0.2, 0.25) is 0 Å². The summed E-state index contributed by atoms with van der Waals surface area (Å²) in [6.07, 6.45) is 4.62. The van der Waals surface area contributed by atoms with E-state index in [9.17, 15) is 8.42 Å². The molecule has 2 aromatic carbocycles. The fraction of sp³-hybridized carbons (Fsp3) is 0.0833. The van der Waals surface area contributed by atoms with Crippen molar-refractivity contribution in [3.8, 4) is 11.8 Å². The van der Waals surface area contributed by atoms with Crippen molar-refractivity contribution in [3.05, 3.63) is 83.8 Å². The van der Waals surface area contributed by atoms with Gasteiger partial charge in [0, 0.05) is 46.4 Å². The molecule has 0 amide bonds. The van der Waals surface area contributed by atoms with Crippen molar-refractivity contribution in [1.29, 1.82) is 0 Å². The maximum atomic E-state index is 11.6. The molecule has 0 saturated carbocycles. The Balaban J connectivity index is 1.67. The van der Waals surface area contributed by atoms with Gasteiger partial charge < -0.3 is 11.1 Å². The van der Waals surface area contributed by atoms with Crippen molar-refractivity contribution in [2.75, 3.05) is 17.3 Å². The third kappa shape index (κ3) is 4.65. The van der Waals surface area contributed by atoms with E-state index in [1.54, 1.807) is 36.7 Å². The zero-order valence-electron chi connectivity index (χ0n) is 17.0. The lowest BCUT2D eigenvalue weighted by atomic mass is 10.1. The Morgan fingerprint density at radius 3 is 2.45 bits per heavy atom. The largest absolute Gasteiger partial charge is 0.398 e. The van der Waals surface area contributed by atoms with E-state index < -0.39 is 9.84 Å². The molecule has 0 aliphatic carbocycles. The number of nitrogens with one attached hydrogen (secondary N) is 1. The smallest absolute Gasteiger partial charge is 0.175 e. The second-order valence-electron chi connectivity index (χ2n) is 7.21. The molecule has 0 fully saturated rings. The van der Waals surface area contributed by atoms with E-state index in [-0.39, 0.29) is 4.90 Å². The summed E-state index contributed by atoms with van der Waals surface area (Å²) in [6.45, 7) is 1.98. The Morgan fingerprint density at radius 2 is 1.74 bits per heavy atom. The predicted molar refractivity (Wildman–Crippen MR) is 124 cm³/mol. The first-order valence-electron chi connectivity index (χ1n) is 9.50. The number of hydrogen-bond donors (Lipinski definition) is 2. The Bertz CT molecular complexity index is 1450. The molecule has 0 spiro atoms. The standard InChI is InChI=1S/C24H20N4O2S/c1-16-3-4-17(22(25)13-16)5-10-23-21-14-24(27-15-18(21)11-12-26-23)28-19-6-8-20(9-7-19)31(2,29)30/h3-4,6-9,11-15H,25H2,1-2H3,(H,27,28). The minimum absolute atomic E-state index is 0.265. The number of benzene rings is 2. The number of pyridine rings is 2. The van der Waals surface area contributed by atoms with Crippen LogP contribution in [0.3, 0.4) is 0 Å². The van der Waals surface area contributed by atoms with Gasteiger partial charge in [-0.15, -0.1) is 0 Å². The first-order valence-corrected chi connectivity index (χ1v) is 11.4. The fourth-order valence-electron chi connectivity index (χ4n) is 3.09. The highest BCUT2D eigenvalue weighted by Crippen LogP contribution is 2.23. The van der Waals surface area contributed by atoms with Crippen LogP contribution in [0.1, 0.15) is 16.8 Å². The van der Waals surface area contributed by atoms with Crippen LogP contribution in [0.25, 0.3) is 10.8 Å². The van der Waals surface area contributed by atoms with Crippen LogP contribution in [-0.4, -0.2) is 24.6 Å². The number of aromatic nitrogens is 2. The fourth-order valence-corrected chi connectivity index (χ4v) is 3.72. The van der Waals surface area contributed by atoms with Gasteiger partial charge in [0.25, 0.3) is 0 Å². The molecule has 0 bridgehead atoms. The molecule has 0 atom stereocenters. The van der Waals surface area contributed by atoms with E-state index >= 15 is 0 Å². The molecule has 2 heterocycles. The molecule has 154 valence electrons. The lowest BCUT2D eigenvalue weighted by Gasteiger charge is -2.08. The van der Waals surface area contributed by atoms with Crippen molar-refractivity contribution in [1.82, 2.24) is 9.97 Å². The first-order chi connectivity index (χ1) is 14.8. The van der Waals surface area contributed by atoms with Gasteiger partial charge in [-0.3, -0.25) is 0 Å². The third-order valence-corrected chi connectivity index (χ3v) is 5.85. The van der Waals surface area contributed by atoms with Gasteiger partial charge in [-0.25, -0.2) is 18.4 Å². The lowest BCUT2D eigenvalue weighted by molar-refractivity contribution is 0.602. The summed E-state index contributed by atoms with van der Waals surface area (Å²) < 4.78 is 23.3. The van der Waals surface area contributed by atoms with E-state index in [0.29, 0.717) is 17.2 Å². The van der Waals surface area contributed by atoms with Gasteiger partial charge in [0.15, 0.2) is 9.84 Å². The number of hydrogen-bond acceptors (Lipinski definition) is 6. The highest BCUT2D eigenvalue weighted by atomic mass is 32.2. The second kappa shape index (κ2) is 8.09. The van der Waals surface area contributed by atoms with E-state index in [0.717, 1.165) is 27.6 Å². The number of nitrogens with two attached hydrogens (primary N) is 1. The summed E-state index contributed by atoms with van der Waals surface area (Å²) in [5.41, 5.74) is 9.88. The quantitative estimate of drug-likeness (QED) is 0.377. The minimum atomic E-state index is -3.24. The second-order valence-corrected chi connectivity index (χ2v) is 9.23. The number of fused-ring (bicyclic) bond motifs is 1. The van der Waals surface area contributed by atoms with Gasteiger partial charge >= 0.3 is 0 Å². The number of nitrogens with zero attached hydrogens (tertiary/aromatic N) is 2.